The van der Waals surface area contributed by atoms with E-state index in [1.165, 1.54) is 6.20 Å². The Hall–Kier alpha value is -3.99. The lowest BCUT2D eigenvalue weighted by atomic mass is 9.74. The monoisotopic (exact) mass is 475 g/mol. The highest BCUT2D eigenvalue weighted by Gasteiger charge is 2.50. The number of imidazole rings is 1. The zero-order valence-corrected chi connectivity index (χ0v) is 18.2. The lowest BCUT2D eigenvalue weighted by Gasteiger charge is -2.30. The molecule has 0 radical (unpaired) electrons. The van der Waals surface area contributed by atoms with E-state index in [1.807, 2.05) is 6.07 Å². The van der Waals surface area contributed by atoms with E-state index in [2.05, 4.69) is 4.98 Å². The van der Waals surface area contributed by atoms with Crippen molar-refractivity contribution in [2.45, 2.75) is 37.3 Å². The maximum Gasteiger partial charge on any atom is 0.313 e. The van der Waals surface area contributed by atoms with Crippen molar-refractivity contribution < 1.29 is 22.4 Å². The molecule has 2 aliphatic carbocycles. The van der Waals surface area contributed by atoms with Crippen LogP contribution >= 0.6 is 0 Å². The average molecular weight is 475 g/mol. The quantitative estimate of drug-likeness (QED) is 0.319. The van der Waals surface area contributed by atoms with Crippen LogP contribution in [-0.2, 0) is 6.42 Å². The van der Waals surface area contributed by atoms with E-state index >= 15 is 0 Å². The van der Waals surface area contributed by atoms with Crippen molar-refractivity contribution in [3.05, 3.63) is 94.1 Å². The molecule has 8 heteroatoms. The molecular weight excluding hydrogens is 458 g/mol. The molecule has 4 aromatic rings. The standard InChI is InChI=1S/C27H17F4N3O/c28-15-9-14(12-32)24-17(6-7-21(29)19(24)10-15)16-4-5-18(25-20(16)11-27(30,31)26(25)35)22-13-33-23-3-1-2-8-34(22)23/h1-5,8-10,13,17,21H,6-7,11H2/t17-,21+/m1/s1. The van der Waals surface area contributed by atoms with Crippen LogP contribution in [0.2, 0.25) is 0 Å². The number of Topliss-reactive ketones (excluding diaryl/α,β-unsaturated/α-hetero) is 1. The first-order valence-corrected chi connectivity index (χ1v) is 11.2. The topological polar surface area (TPSA) is 58.2 Å². The minimum Gasteiger partial charge on any atom is -0.300 e. The normalized spacial score (nSPS) is 20.5. The number of ketones is 1. The van der Waals surface area contributed by atoms with Gasteiger partial charge in [0, 0.05) is 29.7 Å². The number of benzene rings is 2. The summed E-state index contributed by atoms with van der Waals surface area (Å²) in [6.07, 6.45) is 1.33. The fourth-order valence-electron chi connectivity index (χ4n) is 5.57. The third-order valence-corrected chi connectivity index (χ3v) is 7.07. The molecule has 0 unspecified atom stereocenters. The first-order valence-electron chi connectivity index (χ1n) is 11.2. The van der Waals surface area contributed by atoms with E-state index in [9.17, 15) is 27.6 Å². The largest absolute Gasteiger partial charge is 0.313 e. The van der Waals surface area contributed by atoms with Crippen molar-refractivity contribution in [3.63, 3.8) is 0 Å². The van der Waals surface area contributed by atoms with E-state index < -0.39 is 36.0 Å². The van der Waals surface area contributed by atoms with E-state index in [1.54, 1.807) is 40.9 Å². The SMILES string of the molecule is N#Cc1cc(F)cc2c1[C@@H](c1ccc(-c3cnc4ccccn34)c3c1CC(F)(F)C3=O)CC[C@@H]2F. The number of hydrogen-bond donors (Lipinski definition) is 0. The third kappa shape index (κ3) is 3.11. The van der Waals surface area contributed by atoms with Crippen molar-refractivity contribution >= 4 is 11.4 Å². The van der Waals surface area contributed by atoms with Gasteiger partial charge in [0.2, 0.25) is 5.78 Å². The first kappa shape index (κ1) is 21.5. The van der Waals surface area contributed by atoms with Gasteiger partial charge in [0.1, 0.15) is 17.6 Å². The summed E-state index contributed by atoms with van der Waals surface area (Å²) in [5.41, 5.74) is 2.34. The van der Waals surface area contributed by atoms with E-state index in [0.29, 0.717) is 28.0 Å². The van der Waals surface area contributed by atoms with Gasteiger partial charge in [0.15, 0.2) is 0 Å². The van der Waals surface area contributed by atoms with Crippen molar-refractivity contribution in [1.82, 2.24) is 9.38 Å². The maximum absolute atomic E-state index is 14.8. The van der Waals surface area contributed by atoms with Crippen LogP contribution in [0.5, 0.6) is 0 Å². The zero-order chi connectivity index (χ0) is 24.5. The highest BCUT2D eigenvalue weighted by molar-refractivity contribution is 6.11. The molecule has 0 aliphatic heterocycles. The number of alkyl halides is 3. The number of hydrogen-bond acceptors (Lipinski definition) is 3. The van der Waals surface area contributed by atoms with Crippen molar-refractivity contribution in [2.24, 2.45) is 0 Å². The summed E-state index contributed by atoms with van der Waals surface area (Å²) in [5, 5.41) is 9.63. The molecule has 174 valence electrons. The third-order valence-electron chi connectivity index (χ3n) is 7.07. The number of aromatic nitrogens is 2. The summed E-state index contributed by atoms with van der Waals surface area (Å²) in [6.45, 7) is 0. The van der Waals surface area contributed by atoms with E-state index in [0.717, 1.165) is 12.1 Å². The minimum absolute atomic E-state index is 0.0250. The number of pyridine rings is 1. The van der Waals surface area contributed by atoms with Crippen LogP contribution < -0.4 is 0 Å². The van der Waals surface area contributed by atoms with Gasteiger partial charge in [-0.05, 0) is 59.4 Å². The van der Waals surface area contributed by atoms with Gasteiger partial charge in [0.05, 0.1) is 23.5 Å². The smallest absolute Gasteiger partial charge is 0.300 e. The van der Waals surface area contributed by atoms with Gasteiger partial charge in [-0.2, -0.15) is 14.0 Å². The van der Waals surface area contributed by atoms with Crippen molar-refractivity contribution in [3.8, 4) is 17.3 Å². The number of carbonyl (C=O) groups excluding carboxylic acids is 1. The Morgan fingerprint density at radius 2 is 1.94 bits per heavy atom. The molecule has 0 spiro atoms. The molecule has 2 aromatic carbocycles. The van der Waals surface area contributed by atoms with Gasteiger partial charge in [-0.25, -0.2) is 13.8 Å². The lowest BCUT2D eigenvalue weighted by Crippen LogP contribution is -2.24. The van der Waals surface area contributed by atoms with Crippen LogP contribution in [-0.4, -0.2) is 21.1 Å². The Labute approximate surface area is 197 Å². The molecule has 2 aromatic heterocycles. The van der Waals surface area contributed by atoms with Crippen LogP contribution in [0.25, 0.3) is 16.9 Å². The first-order chi connectivity index (χ1) is 16.8. The van der Waals surface area contributed by atoms with Crippen LogP contribution in [0.1, 0.15) is 63.1 Å². The number of carbonyl (C=O) groups is 1. The fraction of sp³-hybridized carbons (Fsp3) is 0.222. The number of fused-ring (bicyclic) bond motifs is 3. The number of nitrogens with zero attached hydrogens (tertiary/aromatic N) is 3. The summed E-state index contributed by atoms with van der Waals surface area (Å²) in [6, 6.07) is 12.7. The molecule has 0 saturated heterocycles. The van der Waals surface area contributed by atoms with Gasteiger partial charge in [-0.3, -0.25) is 9.20 Å². The molecule has 2 atom stereocenters. The van der Waals surface area contributed by atoms with Crippen LogP contribution in [0, 0.1) is 17.1 Å². The van der Waals surface area contributed by atoms with Crippen molar-refractivity contribution in [2.75, 3.05) is 0 Å². The summed E-state index contributed by atoms with van der Waals surface area (Å²) in [7, 11) is 0. The Morgan fingerprint density at radius 1 is 1.11 bits per heavy atom. The van der Waals surface area contributed by atoms with Gasteiger partial charge in [-0.15, -0.1) is 0 Å². The molecule has 0 amide bonds. The minimum atomic E-state index is -3.59. The van der Waals surface area contributed by atoms with Gasteiger partial charge in [0.25, 0.3) is 0 Å². The molecule has 0 saturated carbocycles. The molecular formula is C27H17F4N3O. The number of nitriles is 1. The van der Waals surface area contributed by atoms with Crippen LogP contribution in [0.15, 0.2) is 54.9 Å². The predicted molar refractivity (Wildman–Crippen MR) is 120 cm³/mol. The van der Waals surface area contributed by atoms with Crippen LogP contribution in [0.4, 0.5) is 17.6 Å². The fourth-order valence-corrected chi connectivity index (χ4v) is 5.57. The second-order valence-corrected chi connectivity index (χ2v) is 9.00. The predicted octanol–water partition coefficient (Wildman–Crippen LogP) is 6.32. The molecule has 0 fully saturated rings. The molecule has 0 N–H and O–H groups in total. The number of rotatable bonds is 2. The van der Waals surface area contributed by atoms with E-state index in [-0.39, 0.29) is 35.1 Å². The van der Waals surface area contributed by atoms with Crippen LogP contribution in [0.3, 0.4) is 0 Å². The number of halogens is 4. The van der Waals surface area contributed by atoms with Crippen molar-refractivity contribution in [1.29, 1.82) is 5.26 Å². The summed E-state index contributed by atoms with van der Waals surface area (Å²) in [4.78, 5) is 17.2. The molecule has 2 aliphatic rings. The van der Waals surface area contributed by atoms with Gasteiger partial charge in [-0.1, -0.05) is 18.2 Å². The van der Waals surface area contributed by atoms with Gasteiger partial charge < -0.3 is 0 Å². The molecule has 35 heavy (non-hydrogen) atoms. The zero-order valence-electron chi connectivity index (χ0n) is 18.2. The Bertz CT molecular complexity index is 1580. The Balaban J connectivity index is 1.60. The highest BCUT2D eigenvalue weighted by atomic mass is 19.3. The summed E-state index contributed by atoms with van der Waals surface area (Å²) < 4.78 is 60.2. The molecule has 0 bridgehead atoms. The lowest BCUT2D eigenvalue weighted by molar-refractivity contribution is 0.0167. The molecule has 6 rings (SSSR count). The second-order valence-electron chi connectivity index (χ2n) is 9.00. The Kier molecular flexibility index (Phi) is 4.62. The maximum atomic E-state index is 14.8. The average Bonchev–Trinajstić information content (AvgIpc) is 3.37. The summed E-state index contributed by atoms with van der Waals surface area (Å²) >= 11 is 0. The highest BCUT2D eigenvalue weighted by Crippen LogP contribution is 2.49. The summed E-state index contributed by atoms with van der Waals surface area (Å²) in [5.74, 6) is -6.19. The molecule has 4 nitrogen and oxygen atoms in total. The van der Waals surface area contributed by atoms with E-state index in [4.69, 9.17) is 0 Å². The Morgan fingerprint density at radius 3 is 2.74 bits per heavy atom. The molecule has 2 heterocycles. The second kappa shape index (κ2) is 7.51. The van der Waals surface area contributed by atoms with Gasteiger partial charge >= 0.3 is 5.92 Å².